The highest BCUT2D eigenvalue weighted by atomic mass is 35.5. The van der Waals surface area contributed by atoms with Gasteiger partial charge in [0.1, 0.15) is 11.6 Å². The monoisotopic (exact) mass is 483 g/mol. The van der Waals surface area contributed by atoms with E-state index in [2.05, 4.69) is 10.3 Å². The molecule has 0 bridgehead atoms. The lowest BCUT2D eigenvalue weighted by molar-refractivity contribution is -0.115. The van der Waals surface area contributed by atoms with Crippen molar-refractivity contribution < 1.29 is 13.9 Å². The maximum absolute atomic E-state index is 13.5. The lowest BCUT2D eigenvalue weighted by atomic mass is 10.2. The van der Waals surface area contributed by atoms with E-state index in [1.165, 1.54) is 29.9 Å². The number of hydrogen-bond donors (Lipinski definition) is 1. The molecule has 3 aromatic carbocycles. The van der Waals surface area contributed by atoms with E-state index in [-0.39, 0.29) is 11.5 Å². The van der Waals surface area contributed by atoms with Gasteiger partial charge in [-0.05, 0) is 55.5 Å². The number of rotatable bonds is 6. The fraction of sp³-hybridized carbons (Fsp3) is 0.125. The number of fused-ring (bicyclic) bond motifs is 1. The summed E-state index contributed by atoms with van der Waals surface area (Å²) >= 11 is 7.41. The van der Waals surface area contributed by atoms with Gasteiger partial charge in [0.05, 0.1) is 34.0 Å². The Balaban J connectivity index is 1.74. The minimum atomic E-state index is -0.638. The summed E-state index contributed by atoms with van der Waals surface area (Å²) in [5.41, 5.74) is 1.06. The molecule has 0 aliphatic rings. The van der Waals surface area contributed by atoms with Crippen LogP contribution < -0.4 is 15.6 Å². The van der Waals surface area contributed by atoms with E-state index >= 15 is 0 Å². The van der Waals surface area contributed by atoms with E-state index < -0.39 is 11.1 Å². The van der Waals surface area contributed by atoms with Gasteiger partial charge in [-0.25, -0.2) is 9.37 Å². The van der Waals surface area contributed by atoms with Crippen LogP contribution in [-0.4, -0.2) is 27.8 Å². The van der Waals surface area contributed by atoms with Crippen LogP contribution in [0.2, 0.25) is 5.02 Å². The molecule has 0 aliphatic carbocycles. The normalized spacial score (nSPS) is 11.9. The number of thioether (sulfide) groups is 1. The Morgan fingerprint density at radius 3 is 2.67 bits per heavy atom. The lowest BCUT2D eigenvalue weighted by Crippen LogP contribution is -2.26. The van der Waals surface area contributed by atoms with Crippen LogP contribution in [0, 0.1) is 5.82 Å². The molecule has 0 fully saturated rings. The Hall–Kier alpha value is -3.36. The van der Waals surface area contributed by atoms with Gasteiger partial charge in [0, 0.05) is 5.69 Å². The molecule has 1 heterocycles. The number of carbonyl (C=O) groups excluding carboxylic acids is 1. The topological polar surface area (TPSA) is 73.2 Å². The van der Waals surface area contributed by atoms with Crippen molar-refractivity contribution in [2.45, 2.75) is 17.3 Å². The Bertz CT molecular complexity index is 1410. The zero-order valence-corrected chi connectivity index (χ0v) is 19.3. The van der Waals surface area contributed by atoms with Crippen LogP contribution >= 0.6 is 23.4 Å². The molecule has 1 unspecified atom stereocenters. The average molecular weight is 484 g/mol. The van der Waals surface area contributed by atoms with Crippen LogP contribution in [-0.2, 0) is 4.79 Å². The first-order chi connectivity index (χ1) is 15.9. The predicted octanol–water partition coefficient (Wildman–Crippen LogP) is 5.31. The number of benzene rings is 3. The van der Waals surface area contributed by atoms with E-state index in [1.54, 1.807) is 55.5 Å². The van der Waals surface area contributed by atoms with Crippen molar-refractivity contribution in [3.8, 4) is 11.4 Å². The predicted molar refractivity (Wildman–Crippen MR) is 129 cm³/mol. The minimum absolute atomic E-state index is 0.290. The van der Waals surface area contributed by atoms with E-state index in [4.69, 9.17) is 16.3 Å². The molecule has 0 radical (unpaired) electrons. The first-order valence-electron chi connectivity index (χ1n) is 9.96. The van der Waals surface area contributed by atoms with Crippen LogP contribution in [0.5, 0.6) is 5.75 Å². The van der Waals surface area contributed by atoms with Gasteiger partial charge < -0.3 is 10.1 Å². The fourth-order valence-electron chi connectivity index (χ4n) is 3.24. The number of aromatic nitrogens is 2. The van der Waals surface area contributed by atoms with E-state index in [1.807, 2.05) is 0 Å². The summed E-state index contributed by atoms with van der Waals surface area (Å²) in [7, 11) is 1.50. The van der Waals surface area contributed by atoms with Gasteiger partial charge in [-0.15, -0.1) is 0 Å². The van der Waals surface area contributed by atoms with Crippen molar-refractivity contribution in [3.05, 3.63) is 87.9 Å². The number of amides is 1. The molecule has 0 aliphatic heterocycles. The van der Waals surface area contributed by atoms with E-state index in [9.17, 15) is 14.0 Å². The number of carbonyl (C=O) groups is 1. The lowest BCUT2D eigenvalue weighted by Gasteiger charge is -2.17. The Labute approximate surface area is 198 Å². The van der Waals surface area contributed by atoms with Crippen LogP contribution in [0.25, 0.3) is 16.6 Å². The van der Waals surface area contributed by atoms with Crippen molar-refractivity contribution in [1.82, 2.24) is 9.55 Å². The Morgan fingerprint density at radius 1 is 1.15 bits per heavy atom. The number of hydrogen-bond acceptors (Lipinski definition) is 5. The number of methoxy groups -OCH3 is 1. The minimum Gasteiger partial charge on any atom is -0.495 e. The van der Waals surface area contributed by atoms with Crippen LogP contribution in [0.1, 0.15) is 6.92 Å². The van der Waals surface area contributed by atoms with Crippen molar-refractivity contribution in [2.24, 2.45) is 0 Å². The largest absolute Gasteiger partial charge is 0.495 e. The summed E-state index contributed by atoms with van der Waals surface area (Å²) in [6.45, 7) is 1.69. The molecule has 168 valence electrons. The summed E-state index contributed by atoms with van der Waals surface area (Å²) in [6, 6.07) is 17.6. The average Bonchev–Trinajstić information content (AvgIpc) is 2.79. The number of anilines is 1. The van der Waals surface area contributed by atoms with Crippen molar-refractivity contribution >= 4 is 45.9 Å². The molecule has 1 N–H and O–H groups in total. The summed E-state index contributed by atoms with van der Waals surface area (Å²) in [5, 5.41) is 3.14. The highest BCUT2D eigenvalue weighted by Gasteiger charge is 2.21. The first kappa shape index (κ1) is 22.8. The molecule has 33 heavy (non-hydrogen) atoms. The number of nitrogens with one attached hydrogen (secondary N) is 1. The number of halogens is 2. The third kappa shape index (κ3) is 4.86. The van der Waals surface area contributed by atoms with Crippen molar-refractivity contribution in [2.75, 3.05) is 12.4 Å². The summed E-state index contributed by atoms with van der Waals surface area (Å²) < 4.78 is 20.1. The van der Waals surface area contributed by atoms with Gasteiger partial charge >= 0.3 is 0 Å². The highest BCUT2D eigenvalue weighted by Crippen LogP contribution is 2.30. The Kier molecular flexibility index (Phi) is 6.67. The van der Waals surface area contributed by atoms with Gasteiger partial charge in [-0.3, -0.25) is 14.2 Å². The second kappa shape index (κ2) is 9.64. The van der Waals surface area contributed by atoms with Gasteiger partial charge in [0.2, 0.25) is 5.91 Å². The zero-order chi connectivity index (χ0) is 23.5. The van der Waals surface area contributed by atoms with E-state index in [0.717, 1.165) is 11.8 Å². The zero-order valence-electron chi connectivity index (χ0n) is 17.7. The number of ether oxygens (including phenoxy) is 1. The molecule has 6 nitrogen and oxygen atoms in total. The molecular weight excluding hydrogens is 465 g/mol. The van der Waals surface area contributed by atoms with Gasteiger partial charge in [0.25, 0.3) is 5.56 Å². The third-order valence-corrected chi connectivity index (χ3v) is 6.23. The maximum Gasteiger partial charge on any atom is 0.266 e. The highest BCUT2D eigenvalue weighted by molar-refractivity contribution is 8.00. The summed E-state index contributed by atoms with van der Waals surface area (Å²) in [4.78, 5) is 30.8. The number of para-hydroxylation sites is 1. The standard InChI is InChI=1S/C24H19ClFN3O3S/c1-14(22(30)27-16-7-5-6-15(26)12-16)33-24-28-20-9-4-3-8-18(20)23(31)29(24)17-10-11-21(32-2)19(25)13-17/h3-14H,1-2H3,(H,27,30). The summed E-state index contributed by atoms with van der Waals surface area (Å²) in [5.74, 6) is -0.332. The molecule has 1 aromatic heterocycles. The van der Waals surface area contributed by atoms with Gasteiger partial charge in [0.15, 0.2) is 5.16 Å². The molecular formula is C24H19ClFN3O3S. The number of nitrogens with zero attached hydrogens (tertiary/aromatic N) is 2. The molecule has 9 heteroatoms. The quantitative estimate of drug-likeness (QED) is 0.297. The second-order valence-corrected chi connectivity index (χ2v) is 8.85. The summed E-state index contributed by atoms with van der Waals surface area (Å²) in [6.07, 6.45) is 0. The molecule has 1 amide bonds. The molecule has 4 aromatic rings. The van der Waals surface area contributed by atoms with Crippen molar-refractivity contribution in [1.29, 1.82) is 0 Å². The van der Waals surface area contributed by atoms with Crippen LogP contribution in [0.4, 0.5) is 10.1 Å². The van der Waals surface area contributed by atoms with Gasteiger partial charge in [-0.2, -0.15) is 0 Å². The molecule has 0 spiro atoms. The van der Waals surface area contributed by atoms with Crippen molar-refractivity contribution in [3.63, 3.8) is 0 Å². The SMILES string of the molecule is COc1ccc(-n2c(SC(C)C(=O)Nc3cccc(F)c3)nc3ccccc3c2=O)cc1Cl. The second-order valence-electron chi connectivity index (χ2n) is 7.13. The Morgan fingerprint density at radius 2 is 1.94 bits per heavy atom. The molecule has 0 saturated carbocycles. The smallest absolute Gasteiger partial charge is 0.266 e. The van der Waals surface area contributed by atoms with Crippen LogP contribution in [0.15, 0.2) is 76.7 Å². The maximum atomic E-state index is 13.5. The molecule has 0 saturated heterocycles. The fourth-order valence-corrected chi connectivity index (χ4v) is 4.41. The van der Waals surface area contributed by atoms with E-state index in [0.29, 0.717) is 38.2 Å². The molecule has 1 atom stereocenters. The molecule has 4 rings (SSSR count). The third-order valence-electron chi connectivity index (χ3n) is 4.88. The van der Waals surface area contributed by atoms with Crippen LogP contribution in [0.3, 0.4) is 0 Å². The first-order valence-corrected chi connectivity index (χ1v) is 11.2. The van der Waals surface area contributed by atoms with Gasteiger partial charge in [-0.1, -0.05) is 41.6 Å².